The lowest BCUT2D eigenvalue weighted by molar-refractivity contribution is -0.123. The van der Waals surface area contributed by atoms with E-state index in [-0.39, 0.29) is 33.6 Å². The molecule has 0 N–H and O–H groups in total. The Kier molecular flexibility index (Phi) is 6.68. The molecule has 2 aliphatic rings. The number of benzene rings is 1. The Morgan fingerprint density at radius 3 is 2.48 bits per heavy atom. The quantitative estimate of drug-likeness (QED) is 0.445. The number of sulfone groups is 1. The number of hydrogen-bond acceptors (Lipinski definition) is 9. The van der Waals surface area contributed by atoms with Crippen LogP contribution in [0.4, 0.5) is 5.88 Å². The van der Waals surface area contributed by atoms with Gasteiger partial charge in [0.2, 0.25) is 26.6 Å². The van der Waals surface area contributed by atoms with Gasteiger partial charge in [0.05, 0.1) is 23.0 Å². The van der Waals surface area contributed by atoms with E-state index in [1.807, 2.05) is 27.7 Å². The highest BCUT2D eigenvalue weighted by molar-refractivity contribution is 8.26. The van der Waals surface area contributed by atoms with Crippen molar-refractivity contribution in [2.75, 3.05) is 31.2 Å². The van der Waals surface area contributed by atoms with Gasteiger partial charge in [0, 0.05) is 25.2 Å². The van der Waals surface area contributed by atoms with Crippen LogP contribution in [0, 0.1) is 13.8 Å². The smallest absolute Gasteiger partial charge is 0.266 e. The minimum atomic E-state index is -3.96. The molecule has 4 rings (SSSR count). The van der Waals surface area contributed by atoms with Crippen LogP contribution in [0.25, 0.3) is 6.08 Å². The lowest BCUT2D eigenvalue weighted by Gasteiger charge is -2.26. The van der Waals surface area contributed by atoms with Gasteiger partial charge < -0.3 is 14.1 Å². The summed E-state index contributed by atoms with van der Waals surface area (Å²) in [5, 5.41) is -0.168. The second-order valence-electron chi connectivity index (χ2n) is 8.16. The number of carbonyl (C=O) groups excluding carboxylic acids is 1. The number of thioether (sulfide) groups is 1. The zero-order chi connectivity index (χ0) is 23.9. The largest absolute Gasteiger partial charge is 0.420 e. The first kappa shape index (κ1) is 23.9. The molecule has 33 heavy (non-hydrogen) atoms. The summed E-state index contributed by atoms with van der Waals surface area (Å²) in [4.78, 5) is 20.9. The molecular weight excluding hydrogens is 482 g/mol. The Hall–Kier alpha value is -2.21. The summed E-state index contributed by atoms with van der Waals surface area (Å²) < 4.78 is 38.9. The van der Waals surface area contributed by atoms with E-state index in [1.54, 1.807) is 23.1 Å². The van der Waals surface area contributed by atoms with E-state index in [9.17, 15) is 13.2 Å². The molecule has 2 saturated heterocycles. The second kappa shape index (κ2) is 9.21. The molecule has 2 fully saturated rings. The third kappa shape index (κ3) is 4.59. The topological polar surface area (TPSA) is 93.0 Å². The molecular formula is C22H25N3O5S3. The van der Waals surface area contributed by atoms with Crippen molar-refractivity contribution in [3.63, 3.8) is 0 Å². The molecule has 2 aliphatic heterocycles. The predicted octanol–water partition coefficient (Wildman–Crippen LogP) is 3.57. The van der Waals surface area contributed by atoms with E-state index >= 15 is 0 Å². The molecule has 0 atom stereocenters. The first-order valence-corrected chi connectivity index (χ1v) is 13.2. The van der Waals surface area contributed by atoms with Crippen molar-refractivity contribution in [2.45, 2.75) is 43.7 Å². The molecule has 1 amide bonds. The van der Waals surface area contributed by atoms with E-state index in [0.717, 1.165) is 22.9 Å². The van der Waals surface area contributed by atoms with Gasteiger partial charge in [0.15, 0.2) is 0 Å². The Morgan fingerprint density at radius 2 is 1.88 bits per heavy atom. The zero-order valence-electron chi connectivity index (χ0n) is 18.8. The van der Waals surface area contributed by atoms with Crippen LogP contribution >= 0.6 is 24.0 Å². The number of rotatable bonds is 5. The molecule has 0 bridgehead atoms. The van der Waals surface area contributed by atoms with Crippen LogP contribution in [0.3, 0.4) is 0 Å². The number of anilines is 1. The van der Waals surface area contributed by atoms with Gasteiger partial charge in [-0.25, -0.2) is 8.42 Å². The Bertz CT molecular complexity index is 1240. The molecule has 0 unspecified atom stereocenters. The first-order valence-electron chi connectivity index (χ1n) is 10.5. The highest BCUT2D eigenvalue weighted by atomic mass is 32.2. The summed E-state index contributed by atoms with van der Waals surface area (Å²) in [5.41, 5.74) is 1.86. The summed E-state index contributed by atoms with van der Waals surface area (Å²) >= 11 is 6.47. The number of amides is 1. The Morgan fingerprint density at radius 1 is 1.18 bits per heavy atom. The van der Waals surface area contributed by atoms with Crippen molar-refractivity contribution in [2.24, 2.45) is 0 Å². The minimum Gasteiger partial charge on any atom is -0.420 e. The molecule has 0 spiro atoms. The fourth-order valence-electron chi connectivity index (χ4n) is 3.55. The molecule has 11 heteroatoms. The van der Waals surface area contributed by atoms with Crippen molar-refractivity contribution in [3.8, 4) is 0 Å². The predicted molar refractivity (Wildman–Crippen MR) is 131 cm³/mol. The fraction of sp³-hybridized carbons (Fsp3) is 0.409. The molecule has 3 heterocycles. The van der Waals surface area contributed by atoms with Crippen LogP contribution in [-0.2, 0) is 19.4 Å². The van der Waals surface area contributed by atoms with Gasteiger partial charge in [-0.2, -0.15) is 4.98 Å². The number of hydrogen-bond donors (Lipinski definition) is 0. The maximum atomic E-state index is 13.6. The van der Waals surface area contributed by atoms with Gasteiger partial charge in [-0.15, -0.1) is 0 Å². The first-order chi connectivity index (χ1) is 15.6. The van der Waals surface area contributed by atoms with Gasteiger partial charge >= 0.3 is 0 Å². The van der Waals surface area contributed by atoms with Crippen LogP contribution < -0.4 is 4.90 Å². The second-order valence-corrected chi connectivity index (χ2v) is 11.7. The summed E-state index contributed by atoms with van der Waals surface area (Å²) in [6, 6.07) is 4.89. The highest BCUT2D eigenvalue weighted by Crippen LogP contribution is 2.36. The molecule has 1 aromatic carbocycles. The van der Waals surface area contributed by atoms with E-state index in [2.05, 4.69) is 4.98 Å². The average Bonchev–Trinajstić information content (AvgIpc) is 3.32. The number of carbonyl (C=O) groups is 1. The van der Waals surface area contributed by atoms with Crippen molar-refractivity contribution in [3.05, 3.63) is 40.1 Å². The van der Waals surface area contributed by atoms with E-state index in [1.165, 1.54) is 11.0 Å². The van der Waals surface area contributed by atoms with Gasteiger partial charge in [0.1, 0.15) is 4.32 Å². The summed E-state index contributed by atoms with van der Waals surface area (Å²) in [5.74, 6) is -0.0463. The minimum absolute atomic E-state index is 0.0446. The number of oxazole rings is 1. The van der Waals surface area contributed by atoms with Crippen LogP contribution in [0.15, 0.2) is 37.4 Å². The number of ether oxygens (including phenoxy) is 1. The number of morpholine rings is 1. The van der Waals surface area contributed by atoms with Gasteiger partial charge in [0.25, 0.3) is 5.91 Å². The van der Waals surface area contributed by atoms with Gasteiger partial charge in [-0.3, -0.25) is 9.69 Å². The van der Waals surface area contributed by atoms with E-state index < -0.39 is 9.84 Å². The van der Waals surface area contributed by atoms with Gasteiger partial charge in [-0.05, 0) is 51.0 Å². The number of nitrogens with zero attached hydrogens (tertiary/aromatic N) is 3. The summed E-state index contributed by atoms with van der Waals surface area (Å²) in [7, 11) is -3.96. The van der Waals surface area contributed by atoms with Crippen molar-refractivity contribution in [1.82, 2.24) is 9.88 Å². The lowest BCUT2D eigenvalue weighted by Crippen LogP contribution is -2.36. The summed E-state index contributed by atoms with van der Waals surface area (Å²) in [6.07, 6.45) is 1.46. The van der Waals surface area contributed by atoms with Crippen LogP contribution in [-0.4, -0.2) is 60.9 Å². The van der Waals surface area contributed by atoms with Crippen LogP contribution in [0.1, 0.15) is 30.9 Å². The molecule has 2 aromatic rings. The number of aryl methyl sites for hydroxylation is 2. The van der Waals surface area contributed by atoms with Gasteiger partial charge in [-0.1, -0.05) is 30.0 Å². The van der Waals surface area contributed by atoms with Crippen molar-refractivity contribution >= 4 is 56.0 Å². The molecule has 0 aliphatic carbocycles. The normalized spacial score (nSPS) is 18.8. The molecule has 0 saturated carbocycles. The molecule has 176 valence electrons. The molecule has 0 radical (unpaired) electrons. The highest BCUT2D eigenvalue weighted by Gasteiger charge is 2.36. The van der Waals surface area contributed by atoms with Crippen molar-refractivity contribution in [1.29, 1.82) is 0 Å². The maximum Gasteiger partial charge on any atom is 0.266 e. The van der Waals surface area contributed by atoms with Crippen LogP contribution in [0.5, 0.6) is 0 Å². The maximum absolute atomic E-state index is 13.6. The third-order valence-electron chi connectivity index (χ3n) is 5.53. The SMILES string of the molecule is Cc1ccc(S(=O)(=O)c2nc(/C=C3/SC(=S)N(C(C)C)C3=O)oc2N2CCOCC2)cc1C. The van der Waals surface area contributed by atoms with Crippen LogP contribution in [0.2, 0.25) is 0 Å². The molecule has 1 aromatic heterocycles. The number of thiocarbonyl (C=S) groups is 1. The lowest BCUT2D eigenvalue weighted by atomic mass is 10.1. The van der Waals surface area contributed by atoms with Crippen molar-refractivity contribution < 1.29 is 22.4 Å². The standard InChI is InChI=1S/C22H25N3O5S3/c1-13(2)25-20(26)17(32-22(25)31)12-18-23-19(21(30-18)24-7-9-29-10-8-24)33(27,28)16-6-5-14(3)15(4)11-16/h5-6,11-13H,7-10H2,1-4H3/b17-12+. The van der Waals surface area contributed by atoms with E-state index in [4.69, 9.17) is 21.4 Å². The number of aromatic nitrogens is 1. The average molecular weight is 508 g/mol. The Balaban J connectivity index is 1.79. The zero-order valence-corrected chi connectivity index (χ0v) is 21.3. The molecule has 8 nitrogen and oxygen atoms in total. The Labute approximate surface area is 202 Å². The fourth-order valence-corrected chi connectivity index (χ4v) is 6.45. The van der Waals surface area contributed by atoms with E-state index in [0.29, 0.717) is 35.5 Å². The summed E-state index contributed by atoms with van der Waals surface area (Å²) in [6.45, 7) is 9.39. The monoisotopic (exact) mass is 507 g/mol. The third-order valence-corrected chi connectivity index (χ3v) is 8.51.